The van der Waals surface area contributed by atoms with Crippen LogP contribution in [0, 0.1) is 6.92 Å². The van der Waals surface area contributed by atoms with Crippen molar-refractivity contribution in [2.45, 2.75) is 58.8 Å². The maximum atomic E-state index is 9.56. The largest absolute Gasteiger partial charge is 0.508 e. The maximum absolute atomic E-state index is 9.56. The fourth-order valence-electron chi connectivity index (χ4n) is 3.68. The van der Waals surface area contributed by atoms with Crippen LogP contribution in [0.2, 0.25) is 0 Å². The van der Waals surface area contributed by atoms with Crippen molar-refractivity contribution in [2.75, 3.05) is 6.61 Å². The molecule has 0 bridgehead atoms. The van der Waals surface area contributed by atoms with Gasteiger partial charge in [0.1, 0.15) is 11.5 Å². The Balaban J connectivity index is 1.57. The van der Waals surface area contributed by atoms with Crippen molar-refractivity contribution in [2.24, 2.45) is 0 Å². The number of rotatable bonds is 11. The Morgan fingerprint density at radius 2 is 1.41 bits per heavy atom. The number of ether oxygens (including phenoxy) is 1. The lowest BCUT2D eigenvalue weighted by atomic mass is 10.1. The highest BCUT2D eigenvalue weighted by molar-refractivity contribution is 5.65. The molecule has 0 amide bonds. The number of benzene rings is 2. The molecule has 0 aliphatic rings. The molecule has 0 unspecified atom stereocenters. The van der Waals surface area contributed by atoms with E-state index in [1.165, 1.54) is 44.2 Å². The molecule has 29 heavy (non-hydrogen) atoms. The topological polar surface area (TPSA) is 34.4 Å². The Labute approximate surface area is 175 Å². The molecule has 3 aromatic rings. The summed E-state index contributed by atoms with van der Waals surface area (Å²) < 4.78 is 8.16. The first-order valence-electron chi connectivity index (χ1n) is 10.9. The minimum Gasteiger partial charge on any atom is -0.508 e. The summed E-state index contributed by atoms with van der Waals surface area (Å²) >= 11 is 0. The van der Waals surface area contributed by atoms with Gasteiger partial charge in [-0.05, 0) is 79.6 Å². The normalized spacial score (nSPS) is 11.0. The molecule has 0 aliphatic carbocycles. The first-order chi connectivity index (χ1) is 14.2. The van der Waals surface area contributed by atoms with Crippen LogP contribution in [0.25, 0.3) is 16.9 Å². The molecule has 0 spiro atoms. The smallest absolute Gasteiger partial charge is 0.119 e. The first kappa shape index (κ1) is 21.0. The van der Waals surface area contributed by atoms with Gasteiger partial charge >= 0.3 is 0 Å². The molecular weight excluding hydrogens is 358 g/mol. The van der Waals surface area contributed by atoms with E-state index in [-0.39, 0.29) is 5.75 Å². The van der Waals surface area contributed by atoms with Crippen LogP contribution >= 0.6 is 0 Å². The van der Waals surface area contributed by atoms with Gasteiger partial charge in [-0.25, -0.2) is 0 Å². The van der Waals surface area contributed by atoms with Gasteiger partial charge in [-0.15, -0.1) is 0 Å². The standard InChI is InChI=1S/C26H33NO2/c1-3-4-5-6-7-8-9-20-29-25-17-13-23(14-18-25)27-21(2)10-19-26(27)22-11-15-24(28)16-12-22/h10-19,28H,3-9,20H2,1-2H3. The van der Waals surface area contributed by atoms with Crippen molar-refractivity contribution in [3.63, 3.8) is 0 Å². The number of aromatic hydroxyl groups is 1. The number of unbranched alkanes of at least 4 members (excludes halogenated alkanes) is 6. The van der Waals surface area contributed by atoms with Crippen LogP contribution in [0.4, 0.5) is 0 Å². The highest BCUT2D eigenvalue weighted by atomic mass is 16.5. The maximum Gasteiger partial charge on any atom is 0.119 e. The number of phenolic OH excluding ortho intramolecular Hbond substituents is 1. The number of nitrogens with zero attached hydrogens (tertiary/aromatic N) is 1. The molecule has 1 N–H and O–H groups in total. The van der Waals surface area contributed by atoms with Crippen LogP contribution < -0.4 is 4.74 Å². The molecule has 1 aromatic heterocycles. The predicted molar refractivity (Wildman–Crippen MR) is 121 cm³/mol. The van der Waals surface area contributed by atoms with Crippen molar-refractivity contribution >= 4 is 0 Å². The third-order valence-electron chi connectivity index (χ3n) is 5.35. The zero-order valence-corrected chi connectivity index (χ0v) is 17.7. The van der Waals surface area contributed by atoms with Crippen molar-refractivity contribution < 1.29 is 9.84 Å². The number of hydrogen-bond donors (Lipinski definition) is 1. The number of aryl methyl sites for hydroxylation is 1. The quantitative estimate of drug-likeness (QED) is 0.348. The van der Waals surface area contributed by atoms with Gasteiger partial charge in [0.25, 0.3) is 0 Å². The van der Waals surface area contributed by atoms with Gasteiger partial charge in [-0.3, -0.25) is 0 Å². The zero-order valence-electron chi connectivity index (χ0n) is 17.7. The van der Waals surface area contributed by atoms with Gasteiger partial charge < -0.3 is 14.4 Å². The molecule has 3 rings (SSSR count). The SMILES string of the molecule is CCCCCCCCCOc1ccc(-n2c(C)ccc2-c2ccc(O)cc2)cc1. The van der Waals surface area contributed by atoms with E-state index >= 15 is 0 Å². The zero-order chi connectivity index (χ0) is 20.5. The molecule has 0 saturated heterocycles. The lowest BCUT2D eigenvalue weighted by molar-refractivity contribution is 0.304. The summed E-state index contributed by atoms with van der Waals surface area (Å²) in [6.45, 7) is 5.15. The molecular formula is C26H33NO2. The highest BCUT2D eigenvalue weighted by Gasteiger charge is 2.10. The minimum atomic E-state index is 0.283. The van der Waals surface area contributed by atoms with E-state index in [4.69, 9.17) is 4.74 Å². The summed E-state index contributed by atoms with van der Waals surface area (Å²) in [5.74, 6) is 1.21. The molecule has 154 valence electrons. The number of aromatic nitrogens is 1. The third kappa shape index (κ3) is 5.90. The van der Waals surface area contributed by atoms with Gasteiger partial charge in [-0.1, -0.05) is 45.4 Å². The Morgan fingerprint density at radius 3 is 2.10 bits per heavy atom. The monoisotopic (exact) mass is 391 g/mol. The van der Waals surface area contributed by atoms with Crippen molar-refractivity contribution in [3.05, 3.63) is 66.4 Å². The van der Waals surface area contributed by atoms with Crippen molar-refractivity contribution in [1.29, 1.82) is 0 Å². The Hall–Kier alpha value is -2.68. The molecule has 3 nitrogen and oxygen atoms in total. The van der Waals surface area contributed by atoms with E-state index < -0.39 is 0 Å². The van der Waals surface area contributed by atoms with Crippen LogP contribution in [0.3, 0.4) is 0 Å². The van der Waals surface area contributed by atoms with E-state index in [0.717, 1.165) is 35.7 Å². The Morgan fingerprint density at radius 1 is 0.759 bits per heavy atom. The summed E-state index contributed by atoms with van der Waals surface area (Å²) in [5.41, 5.74) is 4.47. The van der Waals surface area contributed by atoms with Crippen LogP contribution in [0.15, 0.2) is 60.7 Å². The van der Waals surface area contributed by atoms with Gasteiger partial charge in [0.15, 0.2) is 0 Å². The summed E-state index contributed by atoms with van der Waals surface area (Å²) in [6.07, 6.45) is 9.06. The summed E-state index contributed by atoms with van der Waals surface area (Å²) in [5, 5.41) is 9.56. The second kappa shape index (κ2) is 10.8. The van der Waals surface area contributed by atoms with Crippen molar-refractivity contribution in [1.82, 2.24) is 4.57 Å². The van der Waals surface area contributed by atoms with E-state index in [1.807, 2.05) is 12.1 Å². The average Bonchev–Trinajstić information content (AvgIpc) is 3.12. The molecule has 0 saturated carbocycles. The first-order valence-corrected chi connectivity index (χ1v) is 10.9. The van der Waals surface area contributed by atoms with E-state index in [9.17, 15) is 5.11 Å². The fourth-order valence-corrected chi connectivity index (χ4v) is 3.68. The second-order valence-electron chi connectivity index (χ2n) is 7.71. The second-order valence-corrected chi connectivity index (χ2v) is 7.71. The van der Waals surface area contributed by atoms with E-state index in [2.05, 4.69) is 54.8 Å². The van der Waals surface area contributed by atoms with Crippen LogP contribution in [-0.4, -0.2) is 16.3 Å². The van der Waals surface area contributed by atoms with Gasteiger partial charge in [0.05, 0.1) is 12.3 Å². The number of phenols is 1. The highest BCUT2D eigenvalue weighted by Crippen LogP contribution is 2.28. The molecule has 3 heteroatoms. The minimum absolute atomic E-state index is 0.283. The fraction of sp³-hybridized carbons (Fsp3) is 0.385. The predicted octanol–water partition coefficient (Wildman–Crippen LogP) is 7.29. The van der Waals surface area contributed by atoms with Crippen LogP contribution in [0.1, 0.15) is 57.6 Å². The van der Waals surface area contributed by atoms with Gasteiger partial charge in [0.2, 0.25) is 0 Å². The van der Waals surface area contributed by atoms with E-state index in [0.29, 0.717) is 0 Å². The number of hydrogen-bond acceptors (Lipinski definition) is 2. The lowest BCUT2D eigenvalue weighted by Gasteiger charge is -2.13. The molecule has 2 aromatic carbocycles. The average molecular weight is 392 g/mol. The van der Waals surface area contributed by atoms with Crippen LogP contribution in [0.5, 0.6) is 11.5 Å². The molecule has 0 radical (unpaired) electrons. The summed E-state index contributed by atoms with van der Waals surface area (Å²) in [7, 11) is 0. The van der Waals surface area contributed by atoms with E-state index in [1.54, 1.807) is 12.1 Å². The van der Waals surface area contributed by atoms with Crippen molar-refractivity contribution in [3.8, 4) is 28.4 Å². The van der Waals surface area contributed by atoms with Crippen LogP contribution in [-0.2, 0) is 0 Å². The Bertz CT molecular complexity index is 863. The van der Waals surface area contributed by atoms with Gasteiger partial charge in [0, 0.05) is 11.4 Å². The third-order valence-corrected chi connectivity index (χ3v) is 5.35. The molecule has 0 fully saturated rings. The summed E-state index contributed by atoms with van der Waals surface area (Å²) in [6, 6.07) is 19.9. The van der Waals surface area contributed by atoms with Gasteiger partial charge in [-0.2, -0.15) is 0 Å². The molecule has 1 heterocycles. The Kier molecular flexibility index (Phi) is 7.80. The summed E-state index contributed by atoms with van der Waals surface area (Å²) in [4.78, 5) is 0. The molecule has 0 aliphatic heterocycles. The lowest BCUT2D eigenvalue weighted by Crippen LogP contribution is -2.00. The molecule has 0 atom stereocenters.